The van der Waals surface area contributed by atoms with Crippen molar-refractivity contribution in [1.29, 1.82) is 0 Å². The van der Waals surface area contributed by atoms with E-state index in [1.807, 2.05) is 12.3 Å². The summed E-state index contributed by atoms with van der Waals surface area (Å²) in [5.74, 6) is 0. The number of nitrogens with one attached hydrogen (secondary N) is 2. The third-order valence-electron chi connectivity index (χ3n) is 2.63. The van der Waals surface area contributed by atoms with Crippen molar-refractivity contribution >= 4 is 0 Å². The maximum atomic E-state index is 5.59. The largest absolute Gasteiger partial charge is 0.326 e. The lowest BCUT2D eigenvalue weighted by atomic mass is 10.2. The van der Waals surface area contributed by atoms with E-state index in [9.17, 15) is 0 Å². The van der Waals surface area contributed by atoms with Gasteiger partial charge in [-0.25, -0.2) is 0 Å². The first kappa shape index (κ1) is 14.1. The molecule has 0 amide bonds. The monoisotopic (exact) mass is 236 g/mol. The molecule has 1 aromatic heterocycles. The quantitative estimate of drug-likeness (QED) is 0.560. The predicted octanol–water partition coefficient (Wildman–Crippen LogP) is 1.02. The minimum absolute atomic E-state index is 0.582. The van der Waals surface area contributed by atoms with Crippen molar-refractivity contribution in [3.8, 4) is 0 Å². The molecule has 0 aromatic carbocycles. The minimum atomic E-state index is 0.582. The van der Waals surface area contributed by atoms with Crippen molar-refractivity contribution in [2.75, 3.05) is 19.6 Å². The fourth-order valence-corrected chi connectivity index (χ4v) is 1.65. The van der Waals surface area contributed by atoms with Gasteiger partial charge in [-0.3, -0.25) is 4.98 Å². The first-order chi connectivity index (χ1) is 8.36. The number of nitrogens with zero attached hydrogens (tertiary/aromatic N) is 1. The van der Waals surface area contributed by atoms with Crippen molar-refractivity contribution in [1.82, 2.24) is 15.6 Å². The second-order valence-electron chi connectivity index (χ2n) is 4.10. The topological polar surface area (TPSA) is 63.0 Å². The molecule has 1 rings (SSSR count). The highest BCUT2D eigenvalue weighted by molar-refractivity contribution is 5.15. The fraction of sp³-hybridized carbons (Fsp3) is 0.615. The maximum Gasteiger partial charge on any atom is 0.0544 e. The zero-order valence-corrected chi connectivity index (χ0v) is 10.7. The summed E-state index contributed by atoms with van der Waals surface area (Å²) < 4.78 is 0. The molecule has 0 atom stereocenters. The number of nitrogens with two attached hydrogens (primary N) is 1. The summed E-state index contributed by atoms with van der Waals surface area (Å²) in [6, 6.07) is 4.02. The van der Waals surface area contributed by atoms with Crippen LogP contribution in [-0.2, 0) is 13.1 Å². The van der Waals surface area contributed by atoms with Crippen molar-refractivity contribution < 1.29 is 0 Å². The Bertz CT molecular complexity index is 301. The first-order valence-corrected chi connectivity index (χ1v) is 6.42. The molecule has 96 valence electrons. The van der Waals surface area contributed by atoms with E-state index < -0.39 is 0 Å². The number of hydrogen-bond donors (Lipinski definition) is 3. The number of hydrogen-bond acceptors (Lipinski definition) is 4. The second kappa shape index (κ2) is 9.10. The Kier molecular flexibility index (Phi) is 7.54. The lowest BCUT2D eigenvalue weighted by molar-refractivity contribution is 0.587. The Morgan fingerprint density at radius 2 is 2.00 bits per heavy atom. The molecule has 0 spiro atoms. The zero-order chi connectivity index (χ0) is 12.3. The molecule has 1 heterocycles. The van der Waals surface area contributed by atoms with Gasteiger partial charge in [-0.15, -0.1) is 0 Å². The average Bonchev–Trinajstić information content (AvgIpc) is 2.38. The molecule has 0 aliphatic carbocycles. The standard InChI is InChI=1S/C13H24N4/c1-2-15-6-3-4-7-16-11-13-9-12(10-14)5-8-17-13/h5,8-9,15-16H,2-4,6-7,10-11,14H2,1H3. The number of aromatic nitrogens is 1. The molecule has 4 N–H and O–H groups in total. The van der Waals surface area contributed by atoms with E-state index in [1.54, 1.807) is 0 Å². The summed E-state index contributed by atoms with van der Waals surface area (Å²) >= 11 is 0. The van der Waals surface area contributed by atoms with Crippen LogP contribution in [0, 0.1) is 0 Å². The van der Waals surface area contributed by atoms with E-state index in [0.717, 1.165) is 37.4 Å². The number of rotatable bonds is 9. The van der Waals surface area contributed by atoms with E-state index in [1.165, 1.54) is 12.8 Å². The van der Waals surface area contributed by atoms with E-state index in [4.69, 9.17) is 5.73 Å². The van der Waals surface area contributed by atoms with Crippen LogP contribution in [0.1, 0.15) is 31.0 Å². The van der Waals surface area contributed by atoms with Gasteiger partial charge >= 0.3 is 0 Å². The molecule has 1 aromatic rings. The highest BCUT2D eigenvalue weighted by Crippen LogP contribution is 2.00. The maximum absolute atomic E-state index is 5.59. The molecule has 0 aliphatic rings. The van der Waals surface area contributed by atoms with Gasteiger partial charge in [-0.1, -0.05) is 6.92 Å². The van der Waals surface area contributed by atoms with Crippen molar-refractivity contribution in [3.05, 3.63) is 29.6 Å². The summed E-state index contributed by atoms with van der Waals surface area (Å²) in [4.78, 5) is 4.30. The smallest absolute Gasteiger partial charge is 0.0544 e. The average molecular weight is 236 g/mol. The molecule has 0 aliphatic heterocycles. The molecule has 0 bridgehead atoms. The van der Waals surface area contributed by atoms with E-state index in [0.29, 0.717) is 6.54 Å². The van der Waals surface area contributed by atoms with Gasteiger partial charge in [-0.2, -0.15) is 0 Å². The second-order valence-corrected chi connectivity index (χ2v) is 4.10. The molecule has 17 heavy (non-hydrogen) atoms. The van der Waals surface area contributed by atoms with Crippen LogP contribution in [-0.4, -0.2) is 24.6 Å². The van der Waals surface area contributed by atoms with Crippen molar-refractivity contribution in [2.45, 2.75) is 32.9 Å². The van der Waals surface area contributed by atoms with Gasteiger partial charge in [0.25, 0.3) is 0 Å². The van der Waals surface area contributed by atoms with E-state index >= 15 is 0 Å². The van der Waals surface area contributed by atoms with Crippen LogP contribution in [0.15, 0.2) is 18.3 Å². The van der Waals surface area contributed by atoms with Gasteiger partial charge in [0.2, 0.25) is 0 Å². The van der Waals surface area contributed by atoms with Crippen LogP contribution in [0.2, 0.25) is 0 Å². The van der Waals surface area contributed by atoms with Gasteiger partial charge in [-0.05, 0) is 50.2 Å². The van der Waals surface area contributed by atoms with Crippen molar-refractivity contribution in [3.63, 3.8) is 0 Å². The van der Waals surface area contributed by atoms with Gasteiger partial charge < -0.3 is 16.4 Å². The Morgan fingerprint density at radius 3 is 2.71 bits per heavy atom. The van der Waals surface area contributed by atoms with Crippen LogP contribution < -0.4 is 16.4 Å². The SMILES string of the molecule is CCNCCCCNCc1cc(CN)ccn1. The molecular formula is C13H24N4. The normalized spacial score (nSPS) is 10.7. The lowest BCUT2D eigenvalue weighted by Crippen LogP contribution is -2.19. The summed E-state index contributed by atoms with van der Waals surface area (Å²) in [6.45, 7) is 6.75. The van der Waals surface area contributed by atoms with Gasteiger partial charge in [0.1, 0.15) is 0 Å². The third kappa shape index (κ3) is 6.36. The summed E-state index contributed by atoms with van der Waals surface area (Å²) in [5, 5.41) is 6.72. The molecule has 0 unspecified atom stereocenters. The number of unbranched alkanes of at least 4 members (excludes halogenated alkanes) is 1. The zero-order valence-electron chi connectivity index (χ0n) is 10.7. The summed E-state index contributed by atoms with van der Waals surface area (Å²) in [6.07, 6.45) is 4.24. The van der Waals surface area contributed by atoms with Crippen LogP contribution in [0.4, 0.5) is 0 Å². The Morgan fingerprint density at radius 1 is 1.24 bits per heavy atom. The molecule has 4 heteroatoms. The molecule has 0 saturated heterocycles. The Labute approximate surface area is 104 Å². The van der Waals surface area contributed by atoms with Crippen LogP contribution in [0.25, 0.3) is 0 Å². The Balaban J connectivity index is 2.09. The van der Waals surface area contributed by atoms with Gasteiger partial charge in [0.05, 0.1) is 5.69 Å². The Hall–Kier alpha value is -0.970. The molecule has 0 radical (unpaired) electrons. The summed E-state index contributed by atoms with van der Waals surface area (Å²) in [7, 11) is 0. The number of pyridine rings is 1. The highest BCUT2D eigenvalue weighted by Gasteiger charge is 1.96. The van der Waals surface area contributed by atoms with Crippen LogP contribution in [0.5, 0.6) is 0 Å². The van der Waals surface area contributed by atoms with Gasteiger partial charge in [0.15, 0.2) is 0 Å². The predicted molar refractivity (Wildman–Crippen MR) is 71.6 cm³/mol. The van der Waals surface area contributed by atoms with Crippen LogP contribution in [0.3, 0.4) is 0 Å². The molecule has 0 saturated carbocycles. The summed E-state index contributed by atoms with van der Waals surface area (Å²) in [5.41, 5.74) is 7.80. The van der Waals surface area contributed by atoms with Gasteiger partial charge in [0, 0.05) is 19.3 Å². The highest BCUT2D eigenvalue weighted by atomic mass is 14.9. The molecular weight excluding hydrogens is 212 g/mol. The van der Waals surface area contributed by atoms with Crippen LogP contribution >= 0.6 is 0 Å². The first-order valence-electron chi connectivity index (χ1n) is 6.42. The van der Waals surface area contributed by atoms with Crippen molar-refractivity contribution in [2.24, 2.45) is 5.73 Å². The molecule has 0 fully saturated rings. The molecule has 4 nitrogen and oxygen atoms in total. The fourth-order valence-electron chi connectivity index (χ4n) is 1.65. The lowest BCUT2D eigenvalue weighted by Gasteiger charge is -2.06. The van der Waals surface area contributed by atoms with E-state index in [-0.39, 0.29) is 0 Å². The minimum Gasteiger partial charge on any atom is -0.326 e. The third-order valence-corrected chi connectivity index (χ3v) is 2.63. The van der Waals surface area contributed by atoms with E-state index in [2.05, 4.69) is 28.6 Å².